The first-order valence-corrected chi connectivity index (χ1v) is 6.77. The summed E-state index contributed by atoms with van der Waals surface area (Å²) in [6.07, 6.45) is 5.33. The van der Waals surface area contributed by atoms with Crippen molar-refractivity contribution in [3.8, 4) is 5.88 Å². The molecular formula is C13H15N3OS. The highest BCUT2D eigenvalue weighted by Crippen LogP contribution is 2.15. The van der Waals surface area contributed by atoms with E-state index in [2.05, 4.69) is 45.8 Å². The molecule has 1 heterocycles. The van der Waals surface area contributed by atoms with Crippen LogP contribution in [0.3, 0.4) is 0 Å². The Labute approximate surface area is 111 Å². The van der Waals surface area contributed by atoms with E-state index in [1.807, 2.05) is 0 Å². The monoisotopic (exact) mass is 261 g/mol. The van der Waals surface area contributed by atoms with Crippen LogP contribution in [0, 0.1) is 0 Å². The predicted molar refractivity (Wildman–Crippen MR) is 74.1 cm³/mol. The van der Waals surface area contributed by atoms with Gasteiger partial charge in [0.05, 0.1) is 19.5 Å². The van der Waals surface area contributed by atoms with E-state index < -0.39 is 0 Å². The van der Waals surface area contributed by atoms with Crippen molar-refractivity contribution in [3.05, 3.63) is 42.2 Å². The minimum Gasteiger partial charge on any atom is -0.480 e. The molecule has 0 saturated heterocycles. The van der Waals surface area contributed by atoms with Crippen LogP contribution in [-0.2, 0) is 6.54 Å². The predicted octanol–water partition coefficient (Wildman–Crippen LogP) is 2.82. The molecule has 0 aliphatic carbocycles. The highest BCUT2D eigenvalue weighted by Gasteiger charge is 1.99. The molecule has 5 heteroatoms. The average Bonchev–Trinajstić information content (AvgIpc) is 2.46. The smallest absolute Gasteiger partial charge is 0.233 e. The van der Waals surface area contributed by atoms with Crippen molar-refractivity contribution in [1.82, 2.24) is 9.97 Å². The number of hydrogen-bond donors (Lipinski definition) is 1. The van der Waals surface area contributed by atoms with Gasteiger partial charge in [-0.2, -0.15) is 4.98 Å². The molecule has 0 spiro atoms. The van der Waals surface area contributed by atoms with Crippen LogP contribution in [0.5, 0.6) is 5.88 Å². The number of methoxy groups -OCH3 is 1. The highest BCUT2D eigenvalue weighted by molar-refractivity contribution is 7.98. The molecule has 1 aromatic carbocycles. The van der Waals surface area contributed by atoms with Gasteiger partial charge >= 0.3 is 0 Å². The van der Waals surface area contributed by atoms with E-state index >= 15 is 0 Å². The lowest BCUT2D eigenvalue weighted by Gasteiger charge is -2.07. The van der Waals surface area contributed by atoms with Gasteiger partial charge in [-0.25, -0.2) is 0 Å². The summed E-state index contributed by atoms with van der Waals surface area (Å²) in [5, 5.41) is 3.21. The first-order chi connectivity index (χ1) is 8.81. The minimum absolute atomic E-state index is 0.512. The van der Waals surface area contributed by atoms with Crippen molar-refractivity contribution in [1.29, 1.82) is 0 Å². The Bertz CT molecular complexity index is 502. The van der Waals surface area contributed by atoms with Gasteiger partial charge in [-0.1, -0.05) is 12.1 Å². The molecule has 94 valence electrons. The van der Waals surface area contributed by atoms with Gasteiger partial charge in [0.25, 0.3) is 0 Å². The van der Waals surface area contributed by atoms with Crippen LogP contribution in [-0.4, -0.2) is 23.3 Å². The Morgan fingerprint density at radius 2 is 2.00 bits per heavy atom. The van der Waals surface area contributed by atoms with Crippen LogP contribution in [0.1, 0.15) is 5.56 Å². The molecule has 0 radical (unpaired) electrons. The third-order valence-electron chi connectivity index (χ3n) is 2.45. The van der Waals surface area contributed by atoms with Gasteiger partial charge in [0, 0.05) is 11.4 Å². The van der Waals surface area contributed by atoms with E-state index in [0.717, 1.165) is 6.54 Å². The van der Waals surface area contributed by atoms with E-state index in [1.165, 1.54) is 10.5 Å². The molecule has 1 aromatic heterocycles. The Balaban J connectivity index is 1.97. The highest BCUT2D eigenvalue weighted by atomic mass is 32.2. The van der Waals surface area contributed by atoms with Crippen molar-refractivity contribution >= 4 is 17.6 Å². The van der Waals surface area contributed by atoms with E-state index in [0.29, 0.717) is 11.7 Å². The molecule has 0 saturated carbocycles. The molecule has 2 rings (SSSR count). The number of hydrogen-bond acceptors (Lipinski definition) is 5. The van der Waals surface area contributed by atoms with Crippen molar-refractivity contribution in [2.45, 2.75) is 11.4 Å². The average molecular weight is 261 g/mol. The van der Waals surface area contributed by atoms with Gasteiger partial charge in [0.2, 0.25) is 5.88 Å². The van der Waals surface area contributed by atoms with Gasteiger partial charge in [0.15, 0.2) is 0 Å². The molecule has 18 heavy (non-hydrogen) atoms. The molecule has 1 N–H and O–H groups in total. The standard InChI is InChI=1S/C13H15N3OS/c1-17-13-9-14-8-12(16-13)15-7-10-3-5-11(18-2)6-4-10/h3-6,8-9H,7H2,1-2H3,(H,15,16). The lowest BCUT2D eigenvalue weighted by molar-refractivity contribution is 0.396. The van der Waals surface area contributed by atoms with E-state index in [1.54, 1.807) is 31.3 Å². The summed E-state index contributed by atoms with van der Waals surface area (Å²) in [6.45, 7) is 0.719. The maximum atomic E-state index is 5.02. The van der Waals surface area contributed by atoms with Gasteiger partial charge in [-0.05, 0) is 24.0 Å². The summed E-state index contributed by atoms with van der Waals surface area (Å²) in [6, 6.07) is 8.43. The zero-order chi connectivity index (χ0) is 12.8. The molecule has 0 aliphatic rings. The van der Waals surface area contributed by atoms with Crippen molar-refractivity contribution < 1.29 is 4.74 Å². The zero-order valence-corrected chi connectivity index (χ0v) is 11.2. The number of nitrogens with one attached hydrogen (secondary N) is 1. The maximum Gasteiger partial charge on any atom is 0.233 e. The molecule has 0 atom stereocenters. The molecule has 4 nitrogen and oxygen atoms in total. The fraction of sp³-hybridized carbons (Fsp3) is 0.231. The normalized spacial score (nSPS) is 10.1. The van der Waals surface area contributed by atoms with Crippen LogP contribution in [0.25, 0.3) is 0 Å². The second-order valence-electron chi connectivity index (χ2n) is 3.65. The second kappa shape index (κ2) is 6.26. The molecule has 0 fully saturated rings. The maximum absolute atomic E-state index is 5.02. The van der Waals surface area contributed by atoms with Crippen LogP contribution < -0.4 is 10.1 Å². The van der Waals surface area contributed by atoms with Crippen LogP contribution in [0.2, 0.25) is 0 Å². The summed E-state index contributed by atoms with van der Waals surface area (Å²) in [5.41, 5.74) is 1.21. The first kappa shape index (κ1) is 12.7. The van der Waals surface area contributed by atoms with E-state index in [-0.39, 0.29) is 0 Å². The largest absolute Gasteiger partial charge is 0.480 e. The topological polar surface area (TPSA) is 47.0 Å². The number of aromatic nitrogens is 2. The quantitative estimate of drug-likeness (QED) is 0.839. The molecule has 0 amide bonds. The second-order valence-corrected chi connectivity index (χ2v) is 4.53. The lowest BCUT2D eigenvalue weighted by atomic mass is 10.2. The van der Waals surface area contributed by atoms with Gasteiger partial charge in [0.1, 0.15) is 5.82 Å². The molecule has 2 aromatic rings. The van der Waals surface area contributed by atoms with Gasteiger partial charge < -0.3 is 10.1 Å². The summed E-state index contributed by atoms with van der Waals surface area (Å²) < 4.78 is 5.02. The van der Waals surface area contributed by atoms with Crippen molar-refractivity contribution in [3.63, 3.8) is 0 Å². The Morgan fingerprint density at radius 1 is 1.22 bits per heavy atom. The SMILES string of the molecule is COc1cncc(NCc2ccc(SC)cc2)n1. The summed E-state index contributed by atoms with van der Waals surface area (Å²) >= 11 is 1.74. The summed E-state index contributed by atoms with van der Waals surface area (Å²) in [5.74, 6) is 1.22. The summed E-state index contributed by atoms with van der Waals surface area (Å²) in [7, 11) is 1.58. The van der Waals surface area contributed by atoms with Crippen molar-refractivity contribution in [2.24, 2.45) is 0 Å². The number of anilines is 1. The number of thioether (sulfide) groups is 1. The number of nitrogens with zero attached hydrogens (tertiary/aromatic N) is 2. The number of rotatable bonds is 5. The Hall–Kier alpha value is -1.75. The number of ether oxygens (including phenoxy) is 1. The van der Waals surface area contributed by atoms with Crippen LogP contribution in [0.15, 0.2) is 41.6 Å². The third kappa shape index (κ3) is 3.37. The number of benzene rings is 1. The Kier molecular flexibility index (Phi) is 4.41. The molecule has 0 aliphatic heterocycles. The van der Waals surface area contributed by atoms with Crippen LogP contribution >= 0.6 is 11.8 Å². The molecule has 0 bridgehead atoms. The van der Waals surface area contributed by atoms with Crippen LogP contribution in [0.4, 0.5) is 5.82 Å². The van der Waals surface area contributed by atoms with Gasteiger partial charge in [-0.15, -0.1) is 11.8 Å². The first-order valence-electron chi connectivity index (χ1n) is 5.54. The zero-order valence-electron chi connectivity index (χ0n) is 10.4. The molecular weight excluding hydrogens is 246 g/mol. The fourth-order valence-corrected chi connectivity index (χ4v) is 1.88. The minimum atomic E-state index is 0.512. The Morgan fingerprint density at radius 3 is 2.67 bits per heavy atom. The van der Waals surface area contributed by atoms with Gasteiger partial charge in [-0.3, -0.25) is 4.98 Å². The summed E-state index contributed by atoms with van der Waals surface area (Å²) in [4.78, 5) is 9.55. The van der Waals surface area contributed by atoms with E-state index in [9.17, 15) is 0 Å². The fourth-order valence-electron chi connectivity index (χ4n) is 1.47. The molecule has 0 unspecified atom stereocenters. The van der Waals surface area contributed by atoms with Crippen molar-refractivity contribution in [2.75, 3.05) is 18.7 Å². The lowest BCUT2D eigenvalue weighted by Crippen LogP contribution is -2.02. The third-order valence-corrected chi connectivity index (χ3v) is 3.20. The van der Waals surface area contributed by atoms with E-state index in [4.69, 9.17) is 4.74 Å².